The molecular formula is C4H6N6O2. The van der Waals surface area contributed by atoms with Gasteiger partial charge in [-0.05, 0) is 10.4 Å². The molecule has 0 aliphatic carbocycles. The third-order valence-corrected chi connectivity index (χ3v) is 1.20. The summed E-state index contributed by atoms with van der Waals surface area (Å²) in [6, 6.07) is 0. The Kier molecular flexibility index (Phi) is 1.83. The molecule has 1 atom stereocenters. The Morgan fingerprint density at radius 3 is 2.67 bits per heavy atom. The third-order valence-electron chi connectivity index (χ3n) is 1.20. The van der Waals surface area contributed by atoms with Crippen LogP contribution in [0.2, 0.25) is 0 Å². The smallest absolute Gasteiger partial charge is 0.261 e. The molecule has 0 aromatic rings. The fraction of sp³-hybridized carbons (Fsp3) is 0.250. The standard InChI is InChI=1S/C4H6N6O2/c5-2-3(9-11)7-1-4(6,8-2)10-12/h1,8H,5-6H2. The maximum atomic E-state index is 10.1. The second-order valence-electron chi connectivity index (χ2n) is 2.13. The quantitative estimate of drug-likeness (QED) is 0.451. The normalized spacial score (nSPS) is 28.1. The minimum Gasteiger partial charge on any atom is -0.382 e. The maximum Gasteiger partial charge on any atom is 0.261 e. The highest BCUT2D eigenvalue weighted by atomic mass is 16.3. The van der Waals surface area contributed by atoms with Crippen molar-refractivity contribution in [3.8, 4) is 0 Å². The number of aliphatic imine (C=N–C) groups is 1. The Hall–Kier alpha value is -1.83. The van der Waals surface area contributed by atoms with E-state index in [1.165, 1.54) is 0 Å². The van der Waals surface area contributed by atoms with Gasteiger partial charge in [-0.2, -0.15) is 0 Å². The second kappa shape index (κ2) is 2.66. The minimum atomic E-state index is -1.68. The summed E-state index contributed by atoms with van der Waals surface area (Å²) in [5.41, 5.74) is 10.5. The number of rotatable bonds is 2. The van der Waals surface area contributed by atoms with Crippen LogP contribution in [0.4, 0.5) is 0 Å². The van der Waals surface area contributed by atoms with Crippen LogP contribution in [-0.4, -0.2) is 12.0 Å². The van der Waals surface area contributed by atoms with Crippen molar-refractivity contribution in [2.24, 2.45) is 26.8 Å². The fourth-order valence-electron chi connectivity index (χ4n) is 0.652. The fourth-order valence-corrected chi connectivity index (χ4v) is 0.652. The van der Waals surface area contributed by atoms with Crippen LogP contribution >= 0.6 is 0 Å². The summed E-state index contributed by atoms with van der Waals surface area (Å²) < 4.78 is 0. The molecule has 8 nitrogen and oxygen atoms in total. The molecule has 1 unspecified atom stereocenters. The largest absolute Gasteiger partial charge is 0.382 e. The van der Waals surface area contributed by atoms with Crippen molar-refractivity contribution < 1.29 is 0 Å². The van der Waals surface area contributed by atoms with Gasteiger partial charge in [-0.1, -0.05) is 0 Å². The zero-order chi connectivity index (χ0) is 9.19. The molecule has 5 N–H and O–H groups in total. The van der Waals surface area contributed by atoms with Gasteiger partial charge in [0, 0.05) is 0 Å². The minimum absolute atomic E-state index is 0.172. The Bertz CT molecular complexity index is 283. The van der Waals surface area contributed by atoms with Gasteiger partial charge in [0.1, 0.15) is 5.82 Å². The predicted molar refractivity (Wildman–Crippen MR) is 41.3 cm³/mol. The lowest BCUT2D eigenvalue weighted by atomic mass is 10.3. The SMILES string of the molecule is NC1=C(N=O)N=CC(N)(N=O)N1. The van der Waals surface area contributed by atoms with E-state index >= 15 is 0 Å². The molecule has 0 fully saturated rings. The van der Waals surface area contributed by atoms with E-state index in [2.05, 4.69) is 20.7 Å². The lowest BCUT2D eigenvalue weighted by Gasteiger charge is -2.22. The Morgan fingerprint density at radius 1 is 1.58 bits per heavy atom. The second-order valence-corrected chi connectivity index (χ2v) is 2.13. The van der Waals surface area contributed by atoms with Gasteiger partial charge in [0.15, 0.2) is 0 Å². The topological polar surface area (TPSA) is 135 Å². The number of nitroso groups, excluding NO2 is 2. The van der Waals surface area contributed by atoms with Crippen molar-refractivity contribution in [3.63, 3.8) is 0 Å². The van der Waals surface area contributed by atoms with E-state index in [-0.39, 0.29) is 11.6 Å². The van der Waals surface area contributed by atoms with E-state index in [4.69, 9.17) is 11.5 Å². The molecule has 1 aliphatic rings. The molecule has 1 aliphatic heterocycles. The van der Waals surface area contributed by atoms with Gasteiger partial charge in [-0.3, -0.25) is 5.73 Å². The Morgan fingerprint density at radius 2 is 2.25 bits per heavy atom. The first-order valence-corrected chi connectivity index (χ1v) is 2.91. The molecule has 0 saturated carbocycles. The summed E-state index contributed by atoms with van der Waals surface area (Å²) in [6.45, 7) is 0. The summed E-state index contributed by atoms with van der Waals surface area (Å²) in [5.74, 6) is -2.10. The van der Waals surface area contributed by atoms with Crippen molar-refractivity contribution in [1.82, 2.24) is 5.32 Å². The zero-order valence-corrected chi connectivity index (χ0v) is 5.89. The average Bonchev–Trinajstić information content (AvgIpc) is 2.05. The highest BCUT2D eigenvalue weighted by Crippen LogP contribution is 2.09. The zero-order valence-electron chi connectivity index (χ0n) is 5.89. The third kappa shape index (κ3) is 1.27. The molecule has 12 heavy (non-hydrogen) atoms. The lowest BCUT2D eigenvalue weighted by Crippen LogP contribution is -2.55. The first-order valence-electron chi connectivity index (χ1n) is 2.91. The molecule has 0 aromatic heterocycles. The van der Waals surface area contributed by atoms with Crippen LogP contribution in [0.1, 0.15) is 0 Å². The van der Waals surface area contributed by atoms with Gasteiger partial charge in [0.05, 0.1) is 6.21 Å². The number of nitrogens with zero attached hydrogens (tertiary/aromatic N) is 3. The monoisotopic (exact) mass is 170 g/mol. The highest BCUT2D eigenvalue weighted by molar-refractivity contribution is 5.71. The maximum absolute atomic E-state index is 10.1. The summed E-state index contributed by atoms with van der Waals surface area (Å²) in [7, 11) is 0. The van der Waals surface area contributed by atoms with Crippen molar-refractivity contribution in [2.45, 2.75) is 5.79 Å². The van der Waals surface area contributed by atoms with Crippen LogP contribution in [0.25, 0.3) is 0 Å². The molecule has 1 heterocycles. The molecular weight excluding hydrogens is 164 g/mol. The van der Waals surface area contributed by atoms with Crippen molar-refractivity contribution in [1.29, 1.82) is 0 Å². The van der Waals surface area contributed by atoms with Gasteiger partial charge in [-0.25, -0.2) is 4.99 Å². The molecule has 1 rings (SSSR count). The average molecular weight is 170 g/mol. The lowest BCUT2D eigenvalue weighted by molar-refractivity contribution is 0.503. The molecule has 0 radical (unpaired) electrons. The highest BCUT2D eigenvalue weighted by Gasteiger charge is 2.28. The molecule has 8 heteroatoms. The summed E-state index contributed by atoms with van der Waals surface area (Å²) in [5, 5.41) is 7.24. The van der Waals surface area contributed by atoms with Crippen LogP contribution in [0, 0.1) is 9.81 Å². The van der Waals surface area contributed by atoms with Crippen LogP contribution in [0.3, 0.4) is 0 Å². The van der Waals surface area contributed by atoms with E-state index in [9.17, 15) is 9.81 Å². The van der Waals surface area contributed by atoms with Crippen LogP contribution in [0.5, 0.6) is 0 Å². The first-order chi connectivity index (χ1) is 5.61. The first kappa shape index (κ1) is 8.27. The van der Waals surface area contributed by atoms with Gasteiger partial charge >= 0.3 is 0 Å². The van der Waals surface area contributed by atoms with Crippen LogP contribution < -0.4 is 16.8 Å². The Labute approximate surface area is 66.7 Å². The van der Waals surface area contributed by atoms with E-state index in [0.717, 1.165) is 6.21 Å². The molecule has 0 aromatic carbocycles. The molecule has 0 amide bonds. The number of hydrogen-bond donors (Lipinski definition) is 3. The van der Waals surface area contributed by atoms with Crippen molar-refractivity contribution in [2.75, 3.05) is 0 Å². The van der Waals surface area contributed by atoms with Crippen LogP contribution in [0.15, 0.2) is 27.0 Å². The van der Waals surface area contributed by atoms with Crippen molar-refractivity contribution >= 4 is 6.21 Å². The Balaban J connectivity index is 2.95. The van der Waals surface area contributed by atoms with E-state index in [1.54, 1.807) is 0 Å². The van der Waals surface area contributed by atoms with Gasteiger partial charge < -0.3 is 11.1 Å². The van der Waals surface area contributed by atoms with E-state index in [1.807, 2.05) is 0 Å². The van der Waals surface area contributed by atoms with E-state index in [0.29, 0.717) is 0 Å². The number of nitrogens with two attached hydrogens (primary N) is 2. The number of nitrogens with one attached hydrogen (secondary N) is 1. The van der Waals surface area contributed by atoms with Gasteiger partial charge in [-0.15, -0.1) is 9.81 Å². The number of hydrogen-bond acceptors (Lipinski definition) is 8. The van der Waals surface area contributed by atoms with Gasteiger partial charge in [0.2, 0.25) is 5.82 Å². The van der Waals surface area contributed by atoms with Crippen molar-refractivity contribution in [3.05, 3.63) is 21.5 Å². The molecule has 64 valence electrons. The molecule has 0 saturated heterocycles. The molecule has 0 bridgehead atoms. The summed E-state index contributed by atoms with van der Waals surface area (Å²) >= 11 is 0. The van der Waals surface area contributed by atoms with Crippen LogP contribution in [-0.2, 0) is 0 Å². The molecule has 0 spiro atoms. The predicted octanol–water partition coefficient (Wildman–Crippen LogP) is -1.11. The summed E-state index contributed by atoms with van der Waals surface area (Å²) in [4.78, 5) is 23.5. The van der Waals surface area contributed by atoms with Gasteiger partial charge in [0.25, 0.3) is 5.79 Å². The summed E-state index contributed by atoms with van der Waals surface area (Å²) in [6.07, 6.45) is 0.951. The van der Waals surface area contributed by atoms with E-state index < -0.39 is 5.79 Å².